The quantitative estimate of drug-likeness (QED) is 0.623. The molecular weight excluding hydrogens is 370 g/mol. The first-order chi connectivity index (χ1) is 14.0. The molecule has 0 aliphatic carbocycles. The molecule has 1 aromatic rings. The van der Waals surface area contributed by atoms with Gasteiger partial charge in [0.15, 0.2) is 0 Å². The molecule has 0 aromatic heterocycles. The van der Waals surface area contributed by atoms with Crippen LogP contribution in [-0.4, -0.2) is 96.9 Å². The van der Waals surface area contributed by atoms with Crippen LogP contribution >= 0.6 is 0 Å². The number of amides is 1. The maximum absolute atomic E-state index is 11.5. The zero-order valence-corrected chi connectivity index (χ0v) is 17.8. The molecule has 0 unspecified atom stereocenters. The standard InChI is InChI=1S/C22H35N3O4/c1-3-28-14-15-29-21-6-4-20(5-7-21)16-24-9-8-22(27,18-24)17-23-10-12-25(13-11-23)19(2)26/h4-7,27H,3,8-18H2,1-2H3/t22-/m1/s1. The molecule has 3 rings (SSSR count). The smallest absolute Gasteiger partial charge is 0.219 e. The van der Waals surface area contributed by atoms with Crippen molar-refractivity contribution in [1.29, 1.82) is 0 Å². The van der Waals surface area contributed by atoms with Crippen LogP contribution in [0.15, 0.2) is 24.3 Å². The Balaban J connectivity index is 1.41. The van der Waals surface area contributed by atoms with Gasteiger partial charge in [0.05, 0.1) is 12.2 Å². The van der Waals surface area contributed by atoms with E-state index in [1.807, 2.05) is 24.0 Å². The Bertz CT molecular complexity index is 646. The molecule has 0 saturated carbocycles. The van der Waals surface area contributed by atoms with E-state index >= 15 is 0 Å². The van der Waals surface area contributed by atoms with Gasteiger partial charge in [-0.3, -0.25) is 14.6 Å². The largest absolute Gasteiger partial charge is 0.491 e. The highest BCUT2D eigenvalue weighted by atomic mass is 16.5. The molecule has 1 amide bonds. The summed E-state index contributed by atoms with van der Waals surface area (Å²) in [5.74, 6) is 0.997. The fourth-order valence-corrected chi connectivity index (χ4v) is 4.15. The second-order valence-electron chi connectivity index (χ2n) is 8.16. The summed E-state index contributed by atoms with van der Waals surface area (Å²) in [5.41, 5.74) is 0.558. The number of carbonyl (C=O) groups excluding carboxylic acids is 1. The van der Waals surface area contributed by atoms with Crippen molar-refractivity contribution in [1.82, 2.24) is 14.7 Å². The first-order valence-electron chi connectivity index (χ1n) is 10.7. The van der Waals surface area contributed by atoms with Gasteiger partial charge in [-0.25, -0.2) is 0 Å². The van der Waals surface area contributed by atoms with E-state index in [0.29, 0.717) is 32.9 Å². The number of rotatable bonds is 9. The average Bonchev–Trinajstić information content (AvgIpc) is 3.07. The molecule has 0 spiro atoms. The van der Waals surface area contributed by atoms with Crippen LogP contribution in [0.5, 0.6) is 5.75 Å². The molecule has 162 valence electrons. The van der Waals surface area contributed by atoms with Crippen molar-refractivity contribution in [3.8, 4) is 5.75 Å². The van der Waals surface area contributed by atoms with Gasteiger partial charge < -0.3 is 19.5 Å². The maximum Gasteiger partial charge on any atom is 0.219 e. The molecule has 1 aromatic carbocycles. The van der Waals surface area contributed by atoms with Crippen molar-refractivity contribution < 1.29 is 19.4 Å². The van der Waals surface area contributed by atoms with Crippen LogP contribution in [0.25, 0.3) is 0 Å². The molecule has 2 saturated heterocycles. The lowest BCUT2D eigenvalue weighted by Crippen LogP contribution is -2.53. The van der Waals surface area contributed by atoms with Crippen molar-refractivity contribution in [2.45, 2.75) is 32.4 Å². The van der Waals surface area contributed by atoms with Crippen LogP contribution in [0.4, 0.5) is 0 Å². The lowest BCUT2D eigenvalue weighted by Gasteiger charge is -2.38. The summed E-state index contributed by atoms with van der Waals surface area (Å²) in [6.45, 7) is 11.8. The van der Waals surface area contributed by atoms with Gasteiger partial charge in [-0.1, -0.05) is 12.1 Å². The highest BCUT2D eigenvalue weighted by Gasteiger charge is 2.38. The summed E-state index contributed by atoms with van der Waals surface area (Å²) in [4.78, 5) is 18.0. The summed E-state index contributed by atoms with van der Waals surface area (Å²) in [7, 11) is 0. The monoisotopic (exact) mass is 405 g/mol. The molecule has 7 nitrogen and oxygen atoms in total. The zero-order chi connectivity index (χ0) is 20.7. The van der Waals surface area contributed by atoms with Gasteiger partial charge in [0.25, 0.3) is 0 Å². The van der Waals surface area contributed by atoms with Gasteiger partial charge in [0, 0.05) is 65.9 Å². The fraction of sp³-hybridized carbons (Fsp3) is 0.682. The fourth-order valence-electron chi connectivity index (χ4n) is 4.15. The van der Waals surface area contributed by atoms with Crippen LogP contribution in [0.3, 0.4) is 0 Å². The minimum Gasteiger partial charge on any atom is -0.491 e. The summed E-state index contributed by atoms with van der Waals surface area (Å²) in [6.07, 6.45) is 0.790. The second-order valence-corrected chi connectivity index (χ2v) is 8.16. The Hall–Kier alpha value is -1.67. The van der Waals surface area contributed by atoms with E-state index in [0.717, 1.165) is 51.4 Å². The highest BCUT2D eigenvalue weighted by Crippen LogP contribution is 2.25. The molecule has 0 radical (unpaired) electrons. The van der Waals surface area contributed by atoms with Gasteiger partial charge in [-0.15, -0.1) is 0 Å². The van der Waals surface area contributed by atoms with Gasteiger partial charge in [-0.2, -0.15) is 0 Å². The predicted octanol–water partition coefficient (Wildman–Crippen LogP) is 1.20. The Labute approximate surface area is 174 Å². The van der Waals surface area contributed by atoms with Gasteiger partial charge in [0.2, 0.25) is 5.91 Å². The lowest BCUT2D eigenvalue weighted by atomic mass is 10.0. The first kappa shape index (κ1) is 22.0. The van der Waals surface area contributed by atoms with E-state index in [1.54, 1.807) is 6.92 Å². The molecule has 2 heterocycles. The van der Waals surface area contributed by atoms with Crippen LogP contribution in [0.2, 0.25) is 0 Å². The van der Waals surface area contributed by atoms with E-state index in [1.165, 1.54) is 5.56 Å². The summed E-state index contributed by atoms with van der Waals surface area (Å²) >= 11 is 0. The zero-order valence-electron chi connectivity index (χ0n) is 17.8. The third-order valence-electron chi connectivity index (χ3n) is 5.78. The topological polar surface area (TPSA) is 65.5 Å². The Kier molecular flexibility index (Phi) is 7.89. The molecule has 2 aliphatic heterocycles. The number of hydrogen-bond donors (Lipinski definition) is 1. The molecule has 2 aliphatic rings. The Morgan fingerprint density at radius 1 is 1.07 bits per heavy atom. The molecule has 0 bridgehead atoms. The number of ether oxygens (including phenoxy) is 2. The maximum atomic E-state index is 11.5. The number of β-amino-alcohol motifs (C(OH)–C–C–N with tert-alkyl or cyclic N) is 1. The van der Waals surface area contributed by atoms with E-state index in [2.05, 4.69) is 21.9 Å². The average molecular weight is 406 g/mol. The third-order valence-corrected chi connectivity index (χ3v) is 5.78. The summed E-state index contributed by atoms with van der Waals surface area (Å²) < 4.78 is 10.9. The number of hydrogen-bond acceptors (Lipinski definition) is 6. The van der Waals surface area contributed by atoms with E-state index < -0.39 is 5.60 Å². The minimum absolute atomic E-state index is 0.140. The number of likely N-dealkylation sites (tertiary alicyclic amines) is 1. The Morgan fingerprint density at radius 2 is 1.79 bits per heavy atom. The third kappa shape index (κ3) is 6.67. The van der Waals surface area contributed by atoms with Crippen LogP contribution in [-0.2, 0) is 16.1 Å². The molecule has 2 fully saturated rings. The predicted molar refractivity (Wildman–Crippen MR) is 112 cm³/mol. The van der Waals surface area contributed by atoms with Crippen LogP contribution in [0, 0.1) is 0 Å². The van der Waals surface area contributed by atoms with E-state index in [9.17, 15) is 9.90 Å². The van der Waals surface area contributed by atoms with Gasteiger partial charge in [-0.05, 0) is 31.0 Å². The SMILES string of the molecule is CCOCCOc1ccc(CN2CC[C@@](O)(CN3CCN(C(C)=O)CC3)C2)cc1. The number of aliphatic hydroxyl groups is 1. The molecule has 7 heteroatoms. The van der Waals surface area contributed by atoms with Crippen molar-refractivity contribution in [3.05, 3.63) is 29.8 Å². The number of nitrogens with zero attached hydrogens (tertiary/aromatic N) is 3. The van der Waals surface area contributed by atoms with Crippen LogP contribution < -0.4 is 4.74 Å². The molecular formula is C22H35N3O4. The number of benzene rings is 1. The molecule has 29 heavy (non-hydrogen) atoms. The van der Waals surface area contributed by atoms with Crippen molar-refractivity contribution in [2.75, 3.05) is 65.6 Å². The summed E-state index contributed by atoms with van der Waals surface area (Å²) in [6, 6.07) is 8.18. The van der Waals surface area contributed by atoms with Crippen LogP contribution in [0.1, 0.15) is 25.8 Å². The van der Waals surface area contributed by atoms with Crippen molar-refractivity contribution in [3.63, 3.8) is 0 Å². The van der Waals surface area contributed by atoms with Crippen molar-refractivity contribution >= 4 is 5.91 Å². The van der Waals surface area contributed by atoms with E-state index in [-0.39, 0.29) is 5.91 Å². The van der Waals surface area contributed by atoms with E-state index in [4.69, 9.17) is 9.47 Å². The summed E-state index contributed by atoms with van der Waals surface area (Å²) in [5, 5.41) is 11.1. The van der Waals surface area contributed by atoms with Gasteiger partial charge in [0.1, 0.15) is 12.4 Å². The molecule has 1 N–H and O–H groups in total. The lowest BCUT2D eigenvalue weighted by molar-refractivity contribution is -0.130. The minimum atomic E-state index is -0.666. The first-order valence-corrected chi connectivity index (χ1v) is 10.7. The van der Waals surface area contributed by atoms with Gasteiger partial charge >= 0.3 is 0 Å². The molecule has 1 atom stereocenters. The Morgan fingerprint density at radius 3 is 2.45 bits per heavy atom. The normalized spacial score (nSPS) is 23.5. The number of piperazine rings is 1. The highest BCUT2D eigenvalue weighted by molar-refractivity contribution is 5.73. The number of carbonyl (C=O) groups is 1. The second kappa shape index (κ2) is 10.4. The van der Waals surface area contributed by atoms with Crippen molar-refractivity contribution in [2.24, 2.45) is 0 Å².